The third-order valence-corrected chi connectivity index (χ3v) is 16.3. The SMILES string of the molecule is C=CC(=O)Oc1ccc2cc(C3(c4ccc5cc(O/C=C/C(=O)Oc6ccc7cc(C8(c9ccc%10cc(OC(=O)C=C)ccc%10c9)c9ccccc9-c9ccccc98)ccc7c6)ccc5c4)c4ccccc4-c4ccccc43)ccc2c1. The topological polar surface area (TPSA) is 88.1 Å². The standard InChI is InChI=1S/C75H48O7/c1-3-71(76)80-60-34-26-48-40-56(30-22-52(48)44-60)74(67-17-9-5-13-63(67)64-14-6-10-18-68(64)74)55-29-21-51-43-59(33-25-47(51)39-55)79-38-37-73(78)82-62-36-28-50-42-58(32-24-54(50)46-62)75(69-19-11-7-15-65(69)66-16-8-12-20-70(66)75)57-31-23-53-45-61(81-72(77)4-2)35-27-49(53)41-57/h3-46H,1-2H2/b38-37+. The van der Waals surface area contributed by atoms with Crippen molar-refractivity contribution in [2.75, 3.05) is 0 Å². The Hall–Kier alpha value is -10.9. The molecule has 82 heavy (non-hydrogen) atoms. The number of hydrogen-bond donors (Lipinski definition) is 0. The average Bonchev–Trinajstić information content (AvgIpc) is 2.26. The number of hydrogen-bond acceptors (Lipinski definition) is 7. The van der Waals surface area contributed by atoms with E-state index in [1.54, 1.807) is 0 Å². The summed E-state index contributed by atoms with van der Waals surface area (Å²) in [6.07, 6.45) is 4.96. The van der Waals surface area contributed by atoms with Crippen LogP contribution in [0.15, 0.2) is 280 Å². The van der Waals surface area contributed by atoms with Gasteiger partial charge < -0.3 is 18.9 Å². The second-order valence-corrected chi connectivity index (χ2v) is 20.7. The zero-order valence-electron chi connectivity index (χ0n) is 44.2. The Bertz CT molecular complexity index is 4630. The van der Waals surface area contributed by atoms with E-state index in [0.717, 1.165) is 77.5 Å². The summed E-state index contributed by atoms with van der Waals surface area (Å²) in [6, 6.07) is 83.5. The maximum absolute atomic E-state index is 13.4. The number of carbonyl (C=O) groups is 3. The van der Waals surface area contributed by atoms with Gasteiger partial charge in [-0.1, -0.05) is 183 Å². The molecule has 0 saturated carbocycles. The lowest BCUT2D eigenvalue weighted by molar-refractivity contribution is -0.129. The first-order valence-corrected chi connectivity index (χ1v) is 27.0. The van der Waals surface area contributed by atoms with Gasteiger partial charge in [0, 0.05) is 12.2 Å². The molecule has 0 bridgehead atoms. The number of carbonyl (C=O) groups excluding carboxylic acids is 3. The first-order chi connectivity index (χ1) is 40.2. The monoisotopic (exact) mass is 1060 g/mol. The highest BCUT2D eigenvalue weighted by Crippen LogP contribution is 2.58. The van der Waals surface area contributed by atoms with Crippen LogP contribution in [0.2, 0.25) is 0 Å². The van der Waals surface area contributed by atoms with Gasteiger partial charge in [0.25, 0.3) is 0 Å². The molecule has 2 aliphatic carbocycles. The lowest BCUT2D eigenvalue weighted by Crippen LogP contribution is -2.28. The average molecular weight is 1060 g/mol. The molecule has 390 valence electrons. The molecule has 0 aliphatic heterocycles. The molecule has 7 nitrogen and oxygen atoms in total. The first-order valence-electron chi connectivity index (χ1n) is 27.0. The molecule has 12 aromatic carbocycles. The fourth-order valence-corrected chi connectivity index (χ4v) is 12.8. The summed E-state index contributed by atoms with van der Waals surface area (Å²) in [5.41, 5.74) is 12.6. The Morgan fingerprint density at radius 3 is 0.902 bits per heavy atom. The van der Waals surface area contributed by atoms with Crippen molar-refractivity contribution in [3.8, 4) is 45.3 Å². The minimum atomic E-state index is -0.662. The number of benzene rings is 12. The maximum atomic E-state index is 13.4. The van der Waals surface area contributed by atoms with E-state index in [9.17, 15) is 14.4 Å². The smallest absolute Gasteiger partial charge is 0.339 e. The molecule has 0 fully saturated rings. The number of ether oxygens (including phenoxy) is 4. The molecule has 0 N–H and O–H groups in total. The number of fused-ring (bicyclic) bond motifs is 10. The Kier molecular flexibility index (Phi) is 11.9. The lowest BCUT2D eigenvalue weighted by atomic mass is 9.67. The molecule has 0 amide bonds. The van der Waals surface area contributed by atoms with Crippen LogP contribution in [-0.2, 0) is 25.2 Å². The van der Waals surface area contributed by atoms with E-state index in [-0.39, 0.29) is 0 Å². The summed E-state index contributed by atoms with van der Waals surface area (Å²) < 4.78 is 22.8. The Labute approximate surface area is 472 Å². The predicted octanol–water partition coefficient (Wildman–Crippen LogP) is 16.7. The molecule has 0 radical (unpaired) electrons. The molecule has 2 aliphatic rings. The van der Waals surface area contributed by atoms with Crippen molar-refractivity contribution in [1.82, 2.24) is 0 Å². The van der Waals surface area contributed by atoms with Gasteiger partial charge in [-0.25, -0.2) is 14.4 Å². The van der Waals surface area contributed by atoms with Crippen LogP contribution < -0.4 is 18.9 Å². The van der Waals surface area contributed by atoms with Crippen molar-refractivity contribution in [1.29, 1.82) is 0 Å². The van der Waals surface area contributed by atoms with E-state index in [4.69, 9.17) is 18.9 Å². The van der Waals surface area contributed by atoms with E-state index in [1.807, 2.05) is 72.8 Å². The highest BCUT2D eigenvalue weighted by Gasteiger charge is 2.47. The second kappa shape index (κ2) is 19.8. The van der Waals surface area contributed by atoms with E-state index in [2.05, 4.69) is 183 Å². The van der Waals surface area contributed by atoms with Gasteiger partial charge in [0.2, 0.25) is 0 Å². The van der Waals surface area contributed by atoms with Crippen molar-refractivity contribution in [2.45, 2.75) is 10.8 Å². The number of esters is 3. The molecule has 0 saturated heterocycles. The third kappa shape index (κ3) is 8.09. The van der Waals surface area contributed by atoms with E-state index in [1.165, 1.54) is 56.8 Å². The summed E-state index contributed by atoms with van der Waals surface area (Å²) in [4.78, 5) is 37.4. The highest BCUT2D eigenvalue weighted by molar-refractivity contribution is 5.96. The summed E-state index contributed by atoms with van der Waals surface area (Å²) in [5.74, 6) is 0.309. The van der Waals surface area contributed by atoms with Gasteiger partial charge in [-0.3, -0.25) is 0 Å². The van der Waals surface area contributed by atoms with E-state index >= 15 is 0 Å². The molecular formula is C75H48O7. The summed E-state index contributed by atoms with van der Waals surface area (Å²) in [7, 11) is 0. The van der Waals surface area contributed by atoms with Gasteiger partial charge in [0.15, 0.2) is 0 Å². The fourth-order valence-electron chi connectivity index (χ4n) is 12.8. The maximum Gasteiger partial charge on any atom is 0.339 e. The third-order valence-electron chi connectivity index (χ3n) is 16.3. The fraction of sp³-hybridized carbons (Fsp3) is 0.0267. The molecule has 14 rings (SSSR count). The minimum absolute atomic E-state index is 0.407. The van der Waals surface area contributed by atoms with Crippen molar-refractivity contribution in [2.24, 2.45) is 0 Å². The van der Waals surface area contributed by atoms with Crippen LogP contribution in [0, 0.1) is 0 Å². The van der Waals surface area contributed by atoms with Crippen molar-refractivity contribution < 1.29 is 33.3 Å². The zero-order chi connectivity index (χ0) is 55.5. The molecular weight excluding hydrogens is 1010 g/mol. The van der Waals surface area contributed by atoms with Gasteiger partial charge in [0.1, 0.15) is 23.0 Å². The van der Waals surface area contributed by atoms with Crippen LogP contribution in [0.1, 0.15) is 44.5 Å². The Balaban J connectivity index is 0.729. The quantitative estimate of drug-likeness (QED) is 0.0521. The highest BCUT2D eigenvalue weighted by atomic mass is 16.5. The van der Waals surface area contributed by atoms with Gasteiger partial charge >= 0.3 is 17.9 Å². The van der Waals surface area contributed by atoms with Crippen LogP contribution in [0.5, 0.6) is 23.0 Å². The Morgan fingerprint density at radius 1 is 0.305 bits per heavy atom. The summed E-state index contributed by atoms with van der Waals surface area (Å²) >= 11 is 0. The normalized spacial score (nSPS) is 13.3. The van der Waals surface area contributed by atoms with Crippen LogP contribution in [0.4, 0.5) is 0 Å². The Morgan fingerprint density at radius 2 is 0.573 bits per heavy atom. The zero-order valence-corrected chi connectivity index (χ0v) is 44.2. The second-order valence-electron chi connectivity index (χ2n) is 20.7. The minimum Gasteiger partial charge on any atom is -0.465 e. The van der Waals surface area contributed by atoms with Crippen LogP contribution in [-0.4, -0.2) is 17.9 Å². The van der Waals surface area contributed by atoms with Crippen molar-refractivity contribution in [3.63, 3.8) is 0 Å². The van der Waals surface area contributed by atoms with Crippen LogP contribution in [0.3, 0.4) is 0 Å². The first kappa shape index (κ1) is 49.4. The van der Waals surface area contributed by atoms with Gasteiger partial charge in [-0.05, 0) is 183 Å². The number of rotatable bonds is 12. The van der Waals surface area contributed by atoms with Crippen LogP contribution >= 0.6 is 0 Å². The largest absolute Gasteiger partial charge is 0.465 e. The van der Waals surface area contributed by atoms with Crippen molar-refractivity contribution >= 4 is 61.0 Å². The molecule has 0 atom stereocenters. The van der Waals surface area contributed by atoms with Crippen LogP contribution in [0.25, 0.3) is 65.3 Å². The predicted molar refractivity (Wildman–Crippen MR) is 325 cm³/mol. The molecule has 0 aromatic heterocycles. The molecule has 7 heteroatoms. The lowest BCUT2D eigenvalue weighted by Gasteiger charge is -2.34. The van der Waals surface area contributed by atoms with Crippen molar-refractivity contribution in [3.05, 3.63) is 325 Å². The van der Waals surface area contributed by atoms with Gasteiger partial charge in [0.05, 0.1) is 23.2 Å². The molecule has 0 unspecified atom stereocenters. The molecule has 12 aromatic rings. The summed E-state index contributed by atoms with van der Waals surface area (Å²) in [6.45, 7) is 7.07. The van der Waals surface area contributed by atoms with E-state index < -0.39 is 28.7 Å². The molecule has 0 spiro atoms. The molecule has 0 heterocycles. The van der Waals surface area contributed by atoms with Gasteiger partial charge in [-0.2, -0.15) is 0 Å². The summed E-state index contributed by atoms with van der Waals surface area (Å²) in [5, 5.41) is 7.82. The van der Waals surface area contributed by atoms with Gasteiger partial charge in [-0.15, -0.1) is 0 Å². The van der Waals surface area contributed by atoms with E-state index in [0.29, 0.717) is 23.0 Å².